The molecule has 1 amide bonds. The van der Waals surface area contributed by atoms with Crippen molar-refractivity contribution in [3.63, 3.8) is 0 Å². The maximum absolute atomic E-state index is 13.8. The van der Waals surface area contributed by atoms with Gasteiger partial charge in [-0.15, -0.1) is 0 Å². The summed E-state index contributed by atoms with van der Waals surface area (Å²) in [6.45, 7) is 6.76. The van der Waals surface area contributed by atoms with E-state index in [9.17, 15) is 4.79 Å². The minimum absolute atomic E-state index is 0.0342. The zero-order valence-electron chi connectivity index (χ0n) is 21.7. The van der Waals surface area contributed by atoms with Gasteiger partial charge in [-0.25, -0.2) is 4.98 Å². The van der Waals surface area contributed by atoms with Gasteiger partial charge in [0.2, 0.25) is 5.91 Å². The monoisotopic (exact) mass is 552 g/mol. The fourth-order valence-corrected chi connectivity index (χ4v) is 6.83. The number of nitrogens with zero attached hydrogens (tertiary/aromatic N) is 5. The van der Waals surface area contributed by atoms with Crippen LogP contribution in [0.4, 0.5) is 0 Å². The molecule has 3 aromatic rings. The lowest BCUT2D eigenvalue weighted by Crippen LogP contribution is -2.59. The summed E-state index contributed by atoms with van der Waals surface area (Å²) in [6.07, 6.45) is 9.65. The van der Waals surface area contributed by atoms with Gasteiger partial charge in [-0.1, -0.05) is 29.3 Å². The molecule has 3 aliphatic rings. The molecule has 200 valence electrons. The van der Waals surface area contributed by atoms with Crippen LogP contribution in [0.3, 0.4) is 0 Å². The number of imidazole rings is 1. The van der Waals surface area contributed by atoms with Gasteiger partial charge in [0.25, 0.3) is 0 Å². The number of nitrogens with one attached hydrogen (secondary N) is 1. The summed E-state index contributed by atoms with van der Waals surface area (Å²) in [7, 11) is 0. The molecular weight excluding hydrogens is 519 g/mol. The molecule has 1 aromatic carbocycles. The van der Waals surface area contributed by atoms with Crippen molar-refractivity contribution in [3.8, 4) is 0 Å². The van der Waals surface area contributed by atoms with Crippen molar-refractivity contribution in [2.45, 2.75) is 51.2 Å². The van der Waals surface area contributed by atoms with Gasteiger partial charge in [0.1, 0.15) is 0 Å². The second-order valence-electron chi connectivity index (χ2n) is 10.9. The predicted molar refractivity (Wildman–Crippen MR) is 150 cm³/mol. The highest BCUT2D eigenvalue weighted by molar-refractivity contribution is 6.30. The smallest absolute Gasteiger partial charge is 0.241 e. The Bertz CT molecular complexity index is 1270. The van der Waals surface area contributed by atoms with Crippen LogP contribution in [-0.2, 0) is 24.2 Å². The highest BCUT2D eigenvalue weighted by atomic mass is 35.5. The van der Waals surface area contributed by atoms with Gasteiger partial charge in [0.15, 0.2) is 0 Å². The van der Waals surface area contributed by atoms with Crippen molar-refractivity contribution in [1.82, 2.24) is 29.7 Å². The molecule has 1 N–H and O–H groups in total. The van der Waals surface area contributed by atoms with Crippen LogP contribution < -0.4 is 5.32 Å². The van der Waals surface area contributed by atoms with Crippen LogP contribution in [0, 0.1) is 12.8 Å². The molecule has 4 heterocycles. The van der Waals surface area contributed by atoms with Gasteiger partial charge in [0.05, 0.1) is 34.8 Å². The van der Waals surface area contributed by atoms with E-state index in [1.54, 1.807) is 6.20 Å². The van der Waals surface area contributed by atoms with Gasteiger partial charge in [-0.05, 0) is 73.4 Å². The van der Waals surface area contributed by atoms with Crippen molar-refractivity contribution < 1.29 is 4.79 Å². The third-order valence-corrected chi connectivity index (χ3v) is 8.66. The standard InChI is InChI=1S/C29H34Cl2N6O/c1-19-14-35(18-34-19)15-20-3-2-9-37(16-20)29(38)26-17-36(10-8-32-26)28-25-7-6-23(30)11-21(25)4-5-22-12-24(31)13-33-27(22)28/h6-7,11-14,18,20,26,28,32H,2-5,8-10,15-17H2,1H3/t20-,26+,28-/m0/s1. The minimum atomic E-state index is -0.243. The van der Waals surface area contributed by atoms with Gasteiger partial charge < -0.3 is 14.8 Å². The topological polar surface area (TPSA) is 66.3 Å². The number of aryl methyl sites for hydroxylation is 3. The number of piperazine rings is 1. The Morgan fingerprint density at radius 3 is 2.76 bits per heavy atom. The number of fused-ring (bicyclic) bond motifs is 2. The number of amides is 1. The minimum Gasteiger partial charge on any atom is -0.341 e. The molecular formula is C29H34Cl2N6O. The number of pyridine rings is 1. The number of likely N-dealkylation sites (tertiary alicyclic amines) is 1. The molecule has 2 aromatic heterocycles. The highest BCUT2D eigenvalue weighted by Gasteiger charge is 2.37. The van der Waals surface area contributed by atoms with E-state index in [1.807, 2.05) is 25.4 Å². The van der Waals surface area contributed by atoms with Crippen LogP contribution >= 0.6 is 23.2 Å². The first-order chi connectivity index (χ1) is 18.4. The van der Waals surface area contributed by atoms with Crippen molar-refractivity contribution in [3.05, 3.63) is 81.1 Å². The summed E-state index contributed by atoms with van der Waals surface area (Å²) < 4.78 is 2.15. The van der Waals surface area contributed by atoms with Crippen LogP contribution in [0.2, 0.25) is 10.0 Å². The lowest BCUT2D eigenvalue weighted by molar-refractivity contribution is -0.136. The fourth-order valence-electron chi connectivity index (χ4n) is 6.46. The molecule has 2 aliphatic heterocycles. The summed E-state index contributed by atoms with van der Waals surface area (Å²) in [4.78, 5) is 27.5. The van der Waals surface area contributed by atoms with Crippen LogP contribution in [-0.4, -0.2) is 69.0 Å². The lowest BCUT2D eigenvalue weighted by Gasteiger charge is -2.41. The van der Waals surface area contributed by atoms with E-state index >= 15 is 0 Å². The molecule has 1 aliphatic carbocycles. The molecule has 2 fully saturated rings. The van der Waals surface area contributed by atoms with Gasteiger partial charge in [-0.3, -0.25) is 14.7 Å². The predicted octanol–water partition coefficient (Wildman–Crippen LogP) is 4.29. The molecule has 0 spiro atoms. The van der Waals surface area contributed by atoms with Crippen molar-refractivity contribution in [1.29, 1.82) is 0 Å². The van der Waals surface area contributed by atoms with E-state index in [4.69, 9.17) is 28.2 Å². The number of benzene rings is 1. The molecule has 0 bridgehead atoms. The Morgan fingerprint density at radius 1 is 1.08 bits per heavy atom. The first-order valence-electron chi connectivity index (χ1n) is 13.6. The first kappa shape index (κ1) is 25.8. The van der Waals surface area contributed by atoms with Crippen LogP contribution in [0.5, 0.6) is 0 Å². The molecule has 9 heteroatoms. The highest BCUT2D eigenvalue weighted by Crippen LogP contribution is 2.38. The SMILES string of the molecule is Cc1cn(C[C@@H]2CCCN(C(=O)[C@H]3CN([C@H]4c5ccc(Cl)cc5CCc5cc(Cl)cnc54)CCN3)C2)cn1. The second-order valence-corrected chi connectivity index (χ2v) is 11.8. The Labute approximate surface area is 234 Å². The third kappa shape index (κ3) is 5.34. The Morgan fingerprint density at radius 2 is 1.92 bits per heavy atom. The Kier molecular flexibility index (Phi) is 7.45. The summed E-state index contributed by atoms with van der Waals surface area (Å²) in [6, 6.07) is 7.96. The van der Waals surface area contributed by atoms with E-state index in [0.29, 0.717) is 17.5 Å². The van der Waals surface area contributed by atoms with E-state index < -0.39 is 0 Å². The van der Waals surface area contributed by atoms with Crippen LogP contribution in [0.15, 0.2) is 43.0 Å². The fraction of sp³-hybridized carbons (Fsp3) is 0.483. The first-order valence-corrected chi connectivity index (χ1v) is 14.4. The summed E-state index contributed by atoms with van der Waals surface area (Å²) in [5.74, 6) is 0.649. The normalized spacial score (nSPS) is 24.0. The van der Waals surface area contributed by atoms with E-state index in [2.05, 4.69) is 43.0 Å². The molecule has 38 heavy (non-hydrogen) atoms. The lowest BCUT2D eigenvalue weighted by atomic mass is 9.94. The second kappa shape index (κ2) is 11.0. The quantitative estimate of drug-likeness (QED) is 0.522. The molecule has 3 atom stereocenters. The number of halogens is 2. The summed E-state index contributed by atoms with van der Waals surface area (Å²) >= 11 is 12.8. The maximum Gasteiger partial charge on any atom is 0.241 e. The number of aromatic nitrogens is 3. The van der Waals surface area contributed by atoms with E-state index in [0.717, 1.165) is 74.8 Å². The van der Waals surface area contributed by atoms with Crippen molar-refractivity contribution in [2.75, 3.05) is 32.7 Å². The van der Waals surface area contributed by atoms with Crippen molar-refractivity contribution in [2.24, 2.45) is 5.92 Å². The van der Waals surface area contributed by atoms with Gasteiger partial charge >= 0.3 is 0 Å². The zero-order valence-corrected chi connectivity index (χ0v) is 23.3. The Balaban J connectivity index is 1.22. The van der Waals surface area contributed by atoms with Gasteiger partial charge in [0, 0.05) is 56.7 Å². The molecule has 7 nitrogen and oxygen atoms in total. The molecule has 2 saturated heterocycles. The number of carbonyl (C=O) groups excluding carboxylic acids is 1. The molecule has 0 unspecified atom stereocenters. The molecule has 0 saturated carbocycles. The average Bonchev–Trinajstić information content (AvgIpc) is 3.26. The number of piperidine rings is 1. The third-order valence-electron chi connectivity index (χ3n) is 8.22. The number of rotatable bonds is 4. The number of carbonyl (C=O) groups is 1. The zero-order chi connectivity index (χ0) is 26.2. The van der Waals surface area contributed by atoms with Gasteiger partial charge in [-0.2, -0.15) is 0 Å². The maximum atomic E-state index is 13.8. The number of hydrogen-bond donors (Lipinski definition) is 1. The van der Waals surface area contributed by atoms with Crippen LogP contribution in [0.25, 0.3) is 0 Å². The van der Waals surface area contributed by atoms with Crippen LogP contribution in [0.1, 0.15) is 47.0 Å². The van der Waals surface area contributed by atoms with E-state index in [-0.39, 0.29) is 18.0 Å². The Hall–Kier alpha value is -2.45. The van der Waals surface area contributed by atoms with Crippen molar-refractivity contribution >= 4 is 29.1 Å². The molecule has 6 rings (SSSR count). The van der Waals surface area contributed by atoms with E-state index in [1.165, 1.54) is 16.7 Å². The number of hydrogen-bond acceptors (Lipinski definition) is 5. The average molecular weight is 554 g/mol. The molecule has 0 radical (unpaired) electrons. The summed E-state index contributed by atoms with van der Waals surface area (Å²) in [5.41, 5.74) is 5.71. The largest absolute Gasteiger partial charge is 0.341 e. The summed E-state index contributed by atoms with van der Waals surface area (Å²) in [5, 5.41) is 4.93.